The predicted octanol–water partition coefficient (Wildman–Crippen LogP) is 3.91. The number of rotatable bonds is 5. The van der Waals surface area contributed by atoms with Crippen LogP contribution >= 0.6 is 0 Å². The number of methoxy groups -OCH3 is 1. The van der Waals surface area contributed by atoms with E-state index in [-0.39, 0.29) is 30.6 Å². The first-order valence-corrected chi connectivity index (χ1v) is 11.0. The lowest BCUT2D eigenvalue weighted by atomic mass is 9.77. The molecule has 2 fully saturated rings. The molecule has 1 heterocycles. The molecule has 31 heavy (non-hydrogen) atoms. The van der Waals surface area contributed by atoms with Gasteiger partial charge in [0.25, 0.3) is 0 Å². The van der Waals surface area contributed by atoms with Crippen LogP contribution in [0, 0.1) is 5.82 Å². The highest BCUT2D eigenvalue weighted by atomic mass is 19.1. The molecule has 0 aromatic heterocycles. The molecular weight excluding hydrogens is 395 g/mol. The molecule has 0 N–H and O–H groups in total. The van der Waals surface area contributed by atoms with Gasteiger partial charge in [-0.05, 0) is 36.6 Å². The Morgan fingerprint density at radius 3 is 2.42 bits per heavy atom. The van der Waals surface area contributed by atoms with Gasteiger partial charge in [-0.3, -0.25) is 9.59 Å². The van der Waals surface area contributed by atoms with Crippen molar-refractivity contribution in [3.8, 4) is 5.75 Å². The molecule has 6 heteroatoms. The number of amides is 2. The first kappa shape index (κ1) is 21.3. The molecule has 1 aliphatic carbocycles. The lowest BCUT2D eigenvalue weighted by molar-refractivity contribution is -0.137. The molecule has 0 radical (unpaired) electrons. The first-order chi connectivity index (χ1) is 15.0. The summed E-state index contributed by atoms with van der Waals surface area (Å²) in [6, 6.07) is 14.3. The standard InChI is InChI=1S/C25H29FN2O3/c1-31-21-10-8-20(9-11-21)25(13-4-5-14-25)24(30)27-15-12-23(29)28(17-16-27)18-19-6-2-3-7-22(19)26/h2-3,6-11H,4-5,12-18H2,1H3. The number of carbonyl (C=O) groups is 2. The average Bonchev–Trinajstić information content (AvgIpc) is 3.23. The van der Waals surface area contributed by atoms with Crippen molar-refractivity contribution in [1.82, 2.24) is 9.80 Å². The minimum Gasteiger partial charge on any atom is -0.497 e. The third-order valence-electron chi connectivity index (χ3n) is 6.70. The van der Waals surface area contributed by atoms with Gasteiger partial charge in [0.1, 0.15) is 11.6 Å². The zero-order valence-electron chi connectivity index (χ0n) is 18.0. The molecular formula is C25H29FN2O3. The number of carbonyl (C=O) groups excluding carboxylic acids is 2. The van der Waals surface area contributed by atoms with Crippen molar-refractivity contribution in [3.63, 3.8) is 0 Å². The molecule has 164 valence electrons. The van der Waals surface area contributed by atoms with Crippen molar-refractivity contribution in [2.45, 2.75) is 44.1 Å². The van der Waals surface area contributed by atoms with E-state index in [1.165, 1.54) is 6.07 Å². The van der Waals surface area contributed by atoms with Crippen molar-refractivity contribution >= 4 is 11.8 Å². The van der Waals surface area contributed by atoms with E-state index < -0.39 is 5.41 Å². The van der Waals surface area contributed by atoms with Crippen LogP contribution in [0.25, 0.3) is 0 Å². The minimum absolute atomic E-state index is 0.0385. The molecule has 2 amide bonds. The van der Waals surface area contributed by atoms with Crippen LogP contribution in [0.2, 0.25) is 0 Å². The Balaban J connectivity index is 1.51. The van der Waals surface area contributed by atoms with Crippen molar-refractivity contribution in [2.24, 2.45) is 0 Å². The maximum absolute atomic E-state index is 14.1. The second-order valence-electron chi connectivity index (χ2n) is 8.47. The molecule has 5 nitrogen and oxygen atoms in total. The van der Waals surface area contributed by atoms with Crippen LogP contribution in [0.4, 0.5) is 4.39 Å². The molecule has 0 unspecified atom stereocenters. The fourth-order valence-electron chi connectivity index (χ4n) is 4.89. The van der Waals surface area contributed by atoms with Gasteiger partial charge in [0.05, 0.1) is 12.5 Å². The lowest BCUT2D eigenvalue weighted by Crippen LogP contribution is -2.46. The topological polar surface area (TPSA) is 49.9 Å². The minimum atomic E-state index is -0.532. The van der Waals surface area contributed by atoms with Crippen LogP contribution in [-0.2, 0) is 21.5 Å². The van der Waals surface area contributed by atoms with Crippen LogP contribution in [0.3, 0.4) is 0 Å². The Hall–Kier alpha value is -2.89. The molecule has 1 saturated heterocycles. The molecule has 0 atom stereocenters. The van der Waals surface area contributed by atoms with Gasteiger partial charge < -0.3 is 14.5 Å². The fraction of sp³-hybridized carbons (Fsp3) is 0.440. The van der Waals surface area contributed by atoms with Crippen molar-refractivity contribution in [1.29, 1.82) is 0 Å². The quantitative estimate of drug-likeness (QED) is 0.731. The van der Waals surface area contributed by atoms with Gasteiger partial charge in [-0.25, -0.2) is 4.39 Å². The highest BCUT2D eigenvalue weighted by molar-refractivity contribution is 5.89. The van der Waals surface area contributed by atoms with Crippen LogP contribution in [0.5, 0.6) is 5.75 Å². The fourth-order valence-corrected chi connectivity index (χ4v) is 4.89. The summed E-state index contributed by atoms with van der Waals surface area (Å²) in [5, 5.41) is 0. The monoisotopic (exact) mass is 424 g/mol. The SMILES string of the molecule is COc1ccc(C2(C(=O)N3CCC(=O)N(Cc4ccccc4F)CC3)CCCC2)cc1. The van der Waals surface area contributed by atoms with Crippen molar-refractivity contribution < 1.29 is 18.7 Å². The van der Waals surface area contributed by atoms with Gasteiger partial charge in [0.15, 0.2) is 0 Å². The van der Waals surface area contributed by atoms with E-state index in [4.69, 9.17) is 4.74 Å². The van der Waals surface area contributed by atoms with Gasteiger partial charge in [-0.2, -0.15) is 0 Å². The molecule has 4 rings (SSSR count). The van der Waals surface area contributed by atoms with Gasteiger partial charge in [-0.15, -0.1) is 0 Å². The van der Waals surface area contributed by atoms with Crippen LogP contribution in [0.15, 0.2) is 48.5 Å². The number of halogens is 1. The molecule has 0 bridgehead atoms. The van der Waals surface area contributed by atoms with Gasteiger partial charge in [-0.1, -0.05) is 43.2 Å². The van der Waals surface area contributed by atoms with E-state index in [9.17, 15) is 14.0 Å². The van der Waals surface area contributed by atoms with Gasteiger partial charge in [0.2, 0.25) is 11.8 Å². The zero-order valence-corrected chi connectivity index (χ0v) is 18.0. The van der Waals surface area contributed by atoms with E-state index >= 15 is 0 Å². The Morgan fingerprint density at radius 2 is 1.74 bits per heavy atom. The predicted molar refractivity (Wildman–Crippen MR) is 116 cm³/mol. The van der Waals surface area contributed by atoms with E-state index in [0.717, 1.165) is 37.0 Å². The summed E-state index contributed by atoms with van der Waals surface area (Å²) in [6.07, 6.45) is 3.94. The average molecular weight is 425 g/mol. The summed E-state index contributed by atoms with van der Waals surface area (Å²) < 4.78 is 19.3. The Bertz CT molecular complexity index is 938. The summed E-state index contributed by atoms with van der Waals surface area (Å²) in [7, 11) is 1.63. The number of hydrogen-bond acceptors (Lipinski definition) is 3. The second-order valence-corrected chi connectivity index (χ2v) is 8.47. The van der Waals surface area contributed by atoms with Gasteiger partial charge in [0, 0.05) is 38.2 Å². The molecule has 1 saturated carbocycles. The van der Waals surface area contributed by atoms with E-state index in [1.807, 2.05) is 29.2 Å². The van der Waals surface area contributed by atoms with Crippen molar-refractivity contribution in [3.05, 3.63) is 65.5 Å². The first-order valence-electron chi connectivity index (χ1n) is 11.0. The molecule has 2 aromatic carbocycles. The smallest absolute Gasteiger partial charge is 0.233 e. The summed E-state index contributed by atoms with van der Waals surface area (Å²) in [4.78, 5) is 30.0. The highest BCUT2D eigenvalue weighted by Crippen LogP contribution is 2.43. The van der Waals surface area contributed by atoms with Crippen LogP contribution in [0.1, 0.15) is 43.2 Å². The van der Waals surface area contributed by atoms with E-state index in [2.05, 4.69) is 0 Å². The molecule has 0 spiro atoms. The molecule has 2 aliphatic rings. The van der Waals surface area contributed by atoms with Gasteiger partial charge >= 0.3 is 0 Å². The maximum Gasteiger partial charge on any atom is 0.233 e. The molecule has 1 aliphatic heterocycles. The Kier molecular flexibility index (Phi) is 6.25. The zero-order chi connectivity index (χ0) is 21.8. The second kappa shape index (κ2) is 9.08. The van der Waals surface area contributed by atoms with E-state index in [0.29, 0.717) is 25.2 Å². The largest absolute Gasteiger partial charge is 0.497 e. The van der Waals surface area contributed by atoms with Crippen molar-refractivity contribution in [2.75, 3.05) is 26.7 Å². The Labute approximate surface area is 182 Å². The number of ether oxygens (including phenoxy) is 1. The highest BCUT2D eigenvalue weighted by Gasteiger charge is 2.45. The van der Waals surface area contributed by atoms with E-state index in [1.54, 1.807) is 30.2 Å². The summed E-state index contributed by atoms with van der Waals surface area (Å²) >= 11 is 0. The third-order valence-corrected chi connectivity index (χ3v) is 6.70. The third kappa shape index (κ3) is 4.29. The number of benzene rings is 2. The molecule has 2 aromatic rings. The normalized spacial score (nSPS) is 18.7. The van der Waals surface area contributed by atoms with Crippen LogP contribution in [-0.4, -0.2) is 48.4 Å². The Morgan fingerprint density at radius 1 is 1.03 bits per heavy atom. The number of nitrogens with zero attached hydrogens (tertiary/aromatic N) is 2. The summed E-state index contributed by atoms with van der Waals surface area (Å²) in [6.45, 7) is 1.52. The number of hydrogen-bond donors (Lipinski definition) is 0. The maximum atomic E-state index is 14.1. The van der Waals surface area contributed by atoms with Crippen LogP contribution < -0.4 is 4.74 Å². The summed E-state index contributed by atoms with van der Waals surface area (Å²) in [5.74, 6) is 0.532. The summed E-state index contributed by atoms with van der Waals surface area (Å²) in [5.41, 5.74) is 0.992. The lowest BCUT2D eigenvalue weighted by Gasteiger charge is -2.34.